The molecule has 5 rings (SSSR count). The van der Waals surface area contributed by atoms with Gasteiger partial charge >= 0.3 is 0 Å². The van der Waals surface area contributed by atoms with E-state index in [1.807, 2.05) is 19.1 Å². The predicted octanol–water partition coefficient (Wildman–Crippen LogP) is 5.05. The topological polar surface area (TPSA) is 84.4 Å². The monoisotopic (exact) mass is 498 g/mol. The fourth-order valence-electron chi connectivity index (χ4n) is 4.14. The summed E-state index contributed by atoms with van der Waals surface area (Å²) in [5, 5.41) is 6.83. The van der Waals surface area contributed by atoms with Crippen molar-refractivity contribution in [1.29, 1.82) is 0 Å². The minimum atomic E-state index is -0.256. The zero-order valence-electron chi connectivity index (χ0n) is 19.7. The highest BCUT2D eigenvalue weighted by atomic mass is 35.5. The molecule has 4 heterocycles. The lowest BCUT2D eigenvalue weighted by molar-refractivity contribution is -0.0796. The summed E-state index contributed by atoms with van der Waals surface area (Å²) in [6, 6.07) is 6.86. The van der Waals surface area contributed by atoms with E-state index in [0.717, 1.165) is 37.2 Å². The van der Waals surface area contributed by atoms with Crippen LogP contribution in [0.4, 0.5) is 27.7 Å². The van der Waals surface area contributed by atoms with Gasteiger partial charge in [-0.05, 0) is 58.0 Å². The van der Waals surface area contributed by atoms with Crippen molar-refractivity contribution in [3.63, 3.8) is 0 Å². The molecule has 2 aromatic heterocycles. The highest BCUT2D eigenvalue weighted by Gasteiger charge is 2.23. The van der Waals surface area contributed by atoms with Gasteiger partial charge in [0.2, 0.25) is 5.95 Å². The minimum Gasteiger partial charge on any atom is -0.484 e. The van der Waals surface area contributed by atoms with Crippen molar-refractivity contribution in [3.05, 3.63) is 58.6 Å². The number of rotatable bonds is 7. The lowest BCUT2D eigenvalue weighted by Gasteiger charge is -2.29. The Labute approximate surface area is 208 Å². The minimum absolute atomic E-state index is 0.0121. The molecule has 35 heavy (non-hydrogen) atoms. The van der Waals surface area contributed by atoms with Gasteiger partial charge in [0, 0.05) is 41.3 Å². The molecule has 2 N–H and O–H groups in total. The Morgan fingerprint density at radius 1 is 1.11 bits per heavy atom. The zero-order chi connectivity index (χ0) is 24.4. The number of likely N-dealkylation sites (tertiary alicyclic amines) is 1. The second-order valence-electron chi connectivity index (χ2n) is 9.07. The van der Waals surface area contributed by atoms with Crippen molar-refractivity contribution < 1.29 is 13.9 Å². The normalized spacial score (nSPS) is 17.1. The number of nitrogens with zero attached hydrogens (tertiary/aromatic N) is 4. The van der Waals surface area contributed by atoms with Gasteiger partial charge in [-0.15, -0.1) is 0 Å². The number of hydrogen-bond donors (Lipinski definition) is 2. The van der Waals surface area contributed by atoms with E-state index < -0.39 is 0 Å². The smallest absolute Gasteiger partial charge is 0.230 e. The number of anilines is 4. The number of hydrogen-bond acceptors (Lipinski definition) is 8. The number of nitrogens with one attached hydrogen (secondary N) is 2. The molecule has 0 atom stereocenters. The van der Waals surface area contributed by atoms with Crippen LogP contribution in [0.2, 0.25) is 5.02 Å². The standard InChI is InChI=1S/C25H28ClFN6O2/c1-15-11-29-25(31-23-10-21(27)19(12-28-23)16-5-7-33(2)8-6-16)32-24(15)30-17-3-4-20(26)22(9-17)35-18-13-34-14-18/h3-4,9-12,16,18H,5-8,13-14H2,1-2H3,(H2,28,29,30,31,32). The van der Waals surface area contributed by atoms with Crippen molar-refractivity contribution in [2.45, 2.75) is 31.8 Å². The van der Waals surface area contributed by atoms with Crippen LogP contribution in [0.5, 0.6) is 5.75 Å². The summed E-state index contributed by atoms with van der Waals surface area (Å²) < 4.78 is 25.9. The van der Waals surface area contributed by atoms with Gasteiger partial charge in [-0.25, -0.2) is 14.4 Å². The number of aryl methyl sites for hydroxylation is 1. The van der Waals surface area contributed by atoms with Gasteiger partial charge in [0.25, 0.3) is 0 Å². The first-order chi connectivity index (χ1) is 16.9. The molecule has 2 fully saturated rings. The van der Waals surface area contributed by atoms with Crippen molar-refractivity contribution in [2.75, 3.05) is 44.0 Å². The summed E-state index contributed by atoms with van der Waals surface area (Å²) in [5.74, 6) is 1.80. The van der Waals surface area contributed by atoms with Crippen LogP contribution in [0.25, 0.3) is 0 Å². The first kappa shape index (κ1) is 23.7. The van der Waals surface area contributed by atoms with Crippen LogP contribution in [0, 0.1) is 12.7 Å². The first-order valence-electron chi connectivity index (χ1n) is 11.7. The van der Waals surface area contributed by atoms with Gasteiger partial charge in [-0.2, -0.15) is 4.98 Å². The molecule has 8 nitrogen and oxygen atoms in total. The van der Waals surface area contributed by atoms with Crippen molar-refractivity contribution in [1.82, 2.24) is 19.9 Å². The van der Waals surface area contributed by atoms with Gasteiger partial charge in [0.05, 0.1) is 18.2 Å². The van der Waals surface area contributed by atoms with Gasteiger partial charge < -0.3 is 25.0 Å². The van der Waals surface area contributed by atoms with Crippen LogP contribution >= 0.6 is 11.6 Å². The van der Waals surface area contributed by atoms with Crippen LogP contribution in [0.1, 0.15) is 29.9 Å². The molecule has 184 valence electrons. The van der Waals surface area contributed by atoms with E-state index in [2.05, 4.69) is 37.5 Å². The van der Waals surface area contributed by atoms with Crippen LogP contribution in [0.15, 0.2) is 36.7 Å². The number of benzene rings is 1. The Bertz CT molecular complexity index is 1200. The zero-order valence-corrected chi connectivity index (χ0v) is 20.5. The Hall–Kier alpha value is -3.01. The Balaban J connectivity index is 1.29. The maximum absolute atomic E-state index is 14.9. The fourth-order valence-corrected chi connectivity index (χ4v) is 4.31. The lowest BCUT2D eigenvalue weighted by atomic mass is 9.90. The van der Waals surface area contributed by atoms with E-state index >= 15 is 0 Å². The van der Waals surface area contributed by atoms with Gasteiger partial charge in [-0.3, -0.25) is 0 Å². The molecule has 2 aliphatic rings. The highest BCUT2D eigenvalue weighted by molar-refractivity contribution is 6.32. The van der Waals surface area contributed by atoms with Crippen molar-refractivity contribution in [3.8, 4) is 5.75 Å². The SMILES string of the molecule is Cc1cnc(Nc2cc(F)c(C3CCN(C)CC3)cn2)nc1Nc1ccc(Cl)c(OC2COC2)c1. The molecule has 0 unspecified atom stereocenters. The number of aromatic nitrogens is 3. The van der Waals surface area contributed by atoms with Crippen LogP contribution < -0.4 is 15.4 Å². The van der Waals surface area contributed by atoms with Gasteiger partial charge in [0.15, 0.2) is 0 Å². The van der Waals surface area contributed by atoms with Gasteiger partial charge in [-0.1, -0.05) is 11.6 Å². The molecule has 3 aromatic rings. The maximum Gasteiger partial charge on any atom is 0.230 e. The molecule has 0 bridgehead atoms. The molecule has 10 heteroatoms. The quantitative estimate of drug-likeness (QED) is 0.468. The summed E-state index contributed by atoms with van der Waals surface area (Å²) >= 11 is 6.28. The second kappa shape index (κ2) is 10.3. The molecule has 1 aromatic carbocycles. The summed E-state index contributed by atoms with van der Waals surface area (Å²) in [5.41, 5.74) is 2.28. The largest absolute Gasteiger partial charge is 0.484 e. The molecule has 0 spiro atoms. The first-order valence-corrected chi connectivity index (χ1v) is 12.1. The van der Waals surface area contributed by atoms with Crippen molar-refractivity contribution in [2.24, 2.45) is 0 Å². The maximum atomic E-state index is 14.9. The van der Waals surface area contributed by atoms with Crippen molar-refractivity contribution >= 4 is 34.9 Å². The molecule has 2 aliphatic heterocycles. The van der Waals surface area contributed by atoms with Crippen LogP contribution in [0.3, 0.4) is 0 Å². The Kier molecular flexibility index (Phi) is 6.99. The average Bonchev–Trinajstić information content (AvgIpc) is 2.81. The summed E-state index contributed by atoms with van der Waals surface area (Å²) in [6.45, 7) is 4.95. The highest BCUT2D eigenvalue weighted by Crippen LogP contribution is 2.32. The average molecular weight is 499 g/mol. The number of pyridine rings is 1. The Morgan fingerprint density at radius 3 is 2.63 bits per heavy atom. The summed E-state index contributed by atoms with van der Waals surface area (Å²) in [6.07, 6.45) is 5.20. The van der Waals surface area contributed by atoms with Crippen LogP contribution in [-0.4, -0.2) is 59.3 Å². The predicted molar refractivity (Wildman–Crippen MR) is 134 cm³/mol. The number of halogens is 2. The molecule has 0 saturated carbocycles. The third-order valence-corrected chi connectivity index (χ3v) is 6.66. The van der Waals surface area contributed by atoms with E-state index in [4.69, 9.17) is 21.1 Å². The summed E-state index contributed by atoms with van der Waals surface area (Å²) in [7, 11) is 2.09. The molecule has 0 radical (unpaired) electrons. The second-order valence-corrected chi connectivity index (χ2v) is 9.47. The third-order valence-electron chi connectivity index (χ3n) is 6.35. The molecular weight excluding hydrogens is 471 g/mol. The van der Waals surface area contributed by atoms with E-state index in [9.17, 15) is 4.39 Å². The molecule has 2 saturated heterocycles. The Morgan fingerprint density at radius 2 is 1.91 bits per heavy atom. The molecule has 0 aliphatic carbocycles. The third kappa shape index (κ3) is 5.63. The van der Waals surface area contributed by atoms with E-state index in [1.165, 1.54) is 6.07 Å². The fraction of sp³-hybridized carbons (Fsp3) is 0.400. The van der Waals surface area contributed by atoms with Crippen LogP contribution in [-0.2, 0) is 4.74 Å². The molecule has 0 amide bonds. The van der Waals surface area contributed by atoms with E-state index in [0.29, 0.717) is 47.1 Å². The lowest BCUT2D eigenvalue weighted by Crippen LogP contribution is -2.38. The number of ether oxygens (including phenoxy) is 2. The number of piperidine rings is 1. The summed E-state index contributed by atoms with van der Waals surface area (Å²) in [4.78, 5) is 15.6. The van der Waals surface area contributed by atoms with E-state index in [1.54, 1.807) is 18.5 Å². The molecular formula is C25H28ClFN6O2. The van der Waals surface area contributed by atoms with Gasteiger partial charge in [0.1, 0.15) is 29.3 Å². The van der Waals surface area contributed by atoms with E-state index in [-0.39, 0.29) is 17.8 Å².